The summed E-state index contributed by atoms with van der Waals surface area (Å²) >= 11 is 0. The van der Waals surface area contributed by atoms with Gasteiger partial charge in [-0.2, -0.15) is 4.98 Å². The molecule has 0 saturated carbocycles. The van der Waals surface area contributed by atoms with Crippen LogP contribution in [-0.4, -0.2) is 81.1 Å². The highest BCUT2D eigenvalue weighted by Crippen LogP contribution is 2.30. The molecule has 0 spiro atoms. The molecular formula is C29H32N8O4. The fourth-order valence-corrected chi connectivity index (χ4v) is 4.88. The number of nitrogens with zero attached hydrogens (tertiary/aromatic N) is 7. The highest BCUT2D eigenvalue weighted by molar-refractivity contribution is 5.95. The van der Waals surface area contributed by atoms with E-state index in [2.05, 4.69) is 20.3 Å². The van der Waals surface area contributed by atoms with Crippen LogP contribution in [0.2, 0.25) is 0 Å². The van der Waals surface area contributed by atoms with Crippen LogP contribution >= 0.6 is 0 Å². The summed E-state index contributed by atoms with van der Waals surface area (Å²) in [6.45, 7) is 4.71. The van der Waals surface area contributed by atoms with E-state index in [0.717, 1.165) is 11.3 Å². The van der Waals surface area contributed by atoms with Crippen molar-refractivity contribution in [1.29, 1.82) is 0 Å². The van der Waals surface area contributed by atoms with Crippen molar-refractivity contribution < 1.29 is 19.1 Å². The second-order valence-corrected chi connectivity index (χ2v) is 9.68. The summed E-state index contributed by atoms with van der Waals surface area (Å²) in [5, 5.41) is 3.12. The van der Waals surface area contributed by atoms with Crippen LogP contribution in [-0.2, 0) is 4.79 Å². The molecule has 2 atom stereocenters. The predicted molar refractivity (Wildman–Crippen MR) is 151 cm³/mol. The van der Waals surface area contributed by atoms with Gasteiger partial charge in [-0.25, -0.2) is 9.97 Å². The normalized spacial score (nSPS) is 15.8. The zero-order valence-electron chi connectivity index (χ0n) is 23.4. The number of hydrogen-bond donors (Lipinski definition) is 1. The molecule has 12 heteroatoms. The molecule has 1 aliphatic heterocycles. The van der Waals surface area contributed by atoms with E-state index in [1.807, 2.05) is 30.9 Å². The molecule has 212 valence electrons. The van der Waals surface area contributed by atoms with E-state index < -0.39 is 12.1 Å². The first-order chi connectivity index (χ1) is 19.9. The van der Waals surface area contributed by atoms with Gasteiger partial charge in [-0.3, -0.25) is 19.1 Å². The second-order valence-electron chi connectivity index (χ2n) is 9.68. The molecule has 3 aromatic heterocycles. The van der Waals surface area contributed by atoms with Crippen molar-refractivity contribution >= 4 is 17.6 Å². The van der Waals surface area contributed by atoms with E-state index in [4.69, 9.17) is 14.5 Å². The number of carbonyl (C=O) groups excluding carboxylic acids is 2. The number of aromatic nitrogens is 5. The van der Waals surface area contributed by atoms with Crippen LogP contribution < -0.4 is 19.7 Å². The first kappa shape index (κ1) is 27.6. The van der Waals surface area contributed by atoms with Gasteiger partial charge in [0, 0.05) is 55.2 Å². The number of aryl methyl sites for hydroxylation is 1. The molecule has 1 saturated heterocycles. The van der Waals surface area contributed by atoms with E-state index in [1.54, 1.807) is 72.9 Å². The van der Waals surface area contributed by atoms with Gasteiger partial charge < -0.3 is 24.6 Å². The quantitative estimate of drug-likeness (QED) is 0.348. The van der Waals surface area contributed by atoms with Crippen LogP contribution in [0.15, 0.2) is 67.5 Å². The lowest BCUT2D eigenvalue weighted by molar-refractivity contribution is -0.123. The monoisotopic (exact) mass is 556 g/mol. The number of carbonyl (C=O) groups is 2. The molecule has 1 aromatic carbocycles. The number of hydrogen-bond acceptors (Lipinski definition) is 9. The average molecular weight is 557 g/mol. The lowest BCUT2D eigenvalue weighted by Crippen LogP contribution is -2.60. The van der Waals surface area contributed by atoms with Crippen LogP contribution in [0.1, 0.15) is 34.6 Å². The molecule has 1 N–H and O–H groups in total. The van der Waals surface area contributed by atoms with Crippen LogP contribution in [0.25, 0.3) is 5.95 Å². The fourth-order valence-electron chi connectivity index (χ4n) is 4.88. The number of pyridine rings is 1. The van der Waals surface area contributed by atoms with Crippen LogP contribution in [0.4, 0.5) is 5.82 Å². The summed E-state index contributed by atoms with van der Waals surface area (Å²) in [6, 6.07) is 9.59. The van der Waals surface area contributed by atoms with E-state index in [0.29, 0.717) is 41.9 Å². The minimum Gasteiger partial charge on any atom is -0.497 e. The molecule has 0 aliphatic carbocycles. The van der Waals surface area contributed by atoms with Crippen molar-refractivity contribution in [3.05, 3.63) is 84.3 Å². The Hall–Kier alpha value is -5.00. The predicted octanol–water partition coefficient (Wildman–Crippen LogP) is 2.59. The van der Waals surface area contributed by atoms with Crippen LogP contribution in [0.3, 0.4) is 0 Å². The Morgan fingerprint density at radius 2 is 1.90 bits per heavy atom. The maximum absolute atomic E-state index is 14.0. The molecular weight excluding hydrogens is 524 g/mol. The number of methoxy groups -OCH3 is 2. The minimum absolute atomic E-state index is 0.158. The zero-order valence-corrected chi connectivity index (χ0v) is 23.4. The Morgan fingerprint density at radius 3 is 2.61 bits per heavy atom. The second kappa shape index (κ2) is 12.0. The molecule has 12 nitrogen and oxygen atoms in total. The van der Waals surface area contributed by atoms with E-state index >= 15 is 0 Å². The number of nitrogens with one attached hydrogen (secondary N) is 1. The first-order valence-corrected chi connectivity index (χ1v) is 13.2. The summed E-state index contributed by atoms with van der Waals surface area (Å²) < 4.78 is 12.6. The Morgan fingerprint density at radius 1 is 1.05 bits per heavy atom. The number of ether oxygens (including phenoxy) is 2. The van der Waals surface area contributed by atoms with E-state index in [-0.39, 0.29) is 18.4 Å². The molecule has 4 heterocycles. The maximum atomic E-state index is 14.0. The molecule has 1 fully saturated rings. The molecule has 0 bridgehead atoms. The summed E-state index contributed by atoms with van der Waals surface area (Å²) in [5.74, 6) is 1.87. The highest BCUT2D eigenvalue weighted by atomic mass is 16.5. The van der Waals surface area contributed by atoms with Crippen molar-refractivity contribution in [1.82, 2.24) is 34.7 Å². The Kier molecular flexibility index (Phi) is 8.09. The summed E-state index contributed by atoms with van der Waals surface area (Å²) in [7, 11) is 3.17. The van der Waals surface area contributed by atoms with Gasteiger partial charge in [0.05, 0.1) is 32.4 Å². The molecule has 2 amide bonds. The van der Waals surface area contributed by atoms with Crippen LogP contribution in [0.5, 0.6) is 11.5 Å². The van der Waals surface area contributed by atoms with Crippen molar-refractivity contribution in [2.75, 3.05) is 38.8 Å². The standard InChI is InChI=1S/C29H32N8O4/c1-19-14-26(34-29(32-19)36-11-10-31-18-36)37-13-12-35(28(39)21-6-5-9-30-16-21)17-24(37)27(38)33-20(2)23-15-22(40-3)7-8-25(23)41-4/h5-11,14-16,18,20,24H,12-13,17H2,1-4H3,(H,33,38). The fraction of sp³-hybridized carbons (Fsp3) is 0.310. The summed E-state index contributed by atoms with van der Waals surface area (Å²) in [6.07, 6.45) is 8.19. The van der Waals surface area contributed by atoms with Gasteiger partial charge in [-0.15, -0.1) is 0 Å². The number of piperazine rings is 1. The molecule has 4 aromatic rings. The lowest BCUT2D eigenvalue weighted by atomic mass is 10.0. The molecule has 1 aliphatic rings. The van der Waals surface area contributed by atoms with Crippen molar-refractivity contribution in [3.63, 3.8) is 0 Å². The largest absolute Gasteiger partial charge is 0.497 e. The Labute approximate surface area is 238 Å². The third kappa shape index (κ3) is 5.96. The summed E-state index contributed by atoms with van der Waals surface area (Å²) in [4.78, 5) is 48.4. The number of imidazole rings is 1. The van der Waals surface area contributed by atoms with Gasteiger partial charge in [0.2, 0.25) is 11.9 Å². The third-order valence-electron chi connectivity index (χ3n) is 7.00. The average Bonchev–Trinajstić information content (AvgIpc) is 3.55. The van der Waals surface area contributed by atoms with E-state index in [1.165, 1.54) is 6.20 Å². The van der Waals surface area contributed by atoms with Crippen LogP contribution in [0, 0.1) is 6.92 Å². The number of amides is 2. The van der Waals surface area contributed by atoms with Crippen molar-refractivity contribution in [2.45, 2.75) is 25.9 Å². The molecule has 41 heavy (non-hydrogen) atoms. The Balaban J connectivity index is 1.46. The first-order valence-electron chi connectivity index (χ1n) is 13.2. The van der Waals surface area contributed by atoms with Gasteiger partial charge in [-0.1, -0.05) is 0 Å². The SMILES string of the molecule is COc1ccc(OC)c(C(C)NC(=O)C2CN(C(=O)c3cccnc3)CCN2c2cc(C)nc(-n3ccnc3)n2)c1. The smallest absolute Gasteiger partial charge is 0.255 e. The zero-order chi connectivity index (χ0) is 28.9. The maximum Gasteiger partial charge on any atom is 0.255 e. The number of benzene rings is 1. The van der Waals surface area contributed by atoms with Gasteiger partial charge in [0.25, 0.3) is 5.91 Å². The van der Waals surface area contributed by atoms with Crippen molar-refractivity contribution in [3.8, 4) is 17.4 Å². The van der Waals surface area contributed by atoms with E-state index in [9.17, 15) is 9.59 Å². The molecule has 0 radical (unpaired) electrons. The van der Waals surface area contributed by atoms with Gasteiger partial charge >= 0.3 is 0 Å². The minimum atomic E-state index is -0.728. The Bertz CT molecular complexity index is 1510. The topological polar surface area (TPSA) is 128 Å². The molecule has 2 unspecified atom stereocenters. The van der Waals surface area contributed by atoms with Gasteiger partial charge in [0.1, 0.15) is 29.7 Å². The van der Waals surface area contributed by atoms with Gasteiger partial charge in [-0.05, 0) is 44.2 Å². The molecule has 5 rings (SSSR count). The third-order valence-corrected chi connectivity index (χ3v) is 7.00. The van der Waals surface area contributed by atoms with Gasteiger partial charge in [0.15, 0.2) is 0 Å². The highest BCUT2D eigenvalue weighted by Gasteiger charge is 2.36. The lowest BCUT2D eigenvalue weighted by Gasteiger charge is -2.41. The summed E-state index contributed by atoms with van der Waals surface area (Å²) in [5.41, 5.74) is 1.97. The number of rotatable bonds is 8. The number of anilines is 1. The van der Waals surface area contributed by atoms with Crippen molar-refractivity contribution in [2.24, 2.45) is 0 Å².